The van der Waals surface area contributed by atoms with E-state index in [0.717, 1.165) is 6.29 Å². The summed E-state index contributed by atoms with van der Waals surface area (Å²) in [6.07, 6.45) is 2.37. The Morgan fingerprint density at radius 3 is 2.39 bits per heavy atom. The van der Waals surface area contributed by atoms with Crippen molar-refractivity contribution in [2.75, 3.05) is 11.5 Å². The lowest BCUT2D eigenvalue weighted by molar-refractivity contribution is 0.112. The van der Waals surface area contributed by atoms with E-state index >= 15 is 0 Å². The summed E-state index contributed by atoms with van der Waals surface area (Å²) in [6, 6.07) is 0. The number of aldehydes is 1. The highest BCUT2D eigenvalue weighted by Crippen LogP contribution is 2.23. The van der Waals surface area contributed by atoms with Gasteiger partial charge in [-0.05, 0) is 0 Å². The molecule has 0 amide bonds. The summed E-state index contributed by atoms with van der Waals surface area (Å²) in [5.74, 6) is 0.175. The summed E-state index contributed by atoms with van der Waals surface area (Å²) in [5.41, 5.74) is 0.994. The van der Waals surface area contributed by atoms with E-state index in [1.54, 1.807) is 13.1 Å². The van der Waals surface area contributed by atoms with Gasteiger partial charge in [0.15, 0.2) is 16.1 Å². The van der Waals surface area contributed by atoms with Crippen LogP contribution in [0.5, 0.6) is 0 Å². The number of hydrogen-bond donors (Lipinski definition) is 0. The van der Waals surface area contributed by atoms with Crippen LogP contribution in [-0.2, 0) is 21.8 Å². The highest BCUT2D eigenvalue weighted by molar-refractivity contribution is 7.91. The van der Waals surface area contributed by atoms with Gasteiger partial charge in [-0.2, -0.15) is 5.10 Å². The molecule has 0 aliphatic heterocycles. The molecule has 0 aliphatic carbocycles. The van der Waals surface area contributed by atoms with E-state index in [4.69, 9.17) is 0 Å². The minimum Gasteiger partial charge on any atom is -0.298 e. The Balaban J connectivity index is 2.94. The standard InChI is InChI=1S/C12H20N2O3S/c1-5-18(16,17)7-6-14-8-10(9-15)11(13-14)12(2,3)4/h8-9H,5-7H2,1-4H3. The average molecular weight is 272 g/mol. The SMILES string of the molecule is CCS(=O)(=O)CCn1cc(C=O)c(C(C)(C)C)n1. The first-order chi connectivity index (χ1) is 8.19. The number of hydrogen-bond acceptors (Lipinski definition) is 4. The number of carbonyl (C=O) groups is 1. The third-order valence-corrected chi connectivity index (χ3v) is 4.38. The number of sulfone groups is 1. The Morgan fingerprint density at radius 1 is 1.39 bits per heavy atom. The van der Waals surface area contributed by atoms with Crippen molar-refractivity contribution in [3.05, 3.63) is 17.5 Å². The number of aryl methyl sites for hydroxylation is 1. The Bertz CT molecular complexity index is 524. The van der Waals surface area contributed by atoms with Crippen LogP contribution in [0.2, 0.25) is 0 Å². The maximum Gasteiger partial charge on any atom is 0.153 e. The molecule has 1 heterocycles. The molecular formula is C12H20N2O3S. The molecule has 0 aromatic carbocycles. The fraction of sp³-hybridized carbons (Fsp3) is 0.667. The van der Waals surface area contributed by atoms with Gasteiger partial charge in [-0.15, -0.1) is 0 Å². The van der Waals surface area contributed by atoms with E-state index in [1.807, 2.05) is 20.8 Å². The van der Waals surface area contributed by atoms with Gasteiger partial charge in [0.2, 0.25) is 0 Å². The van der Waals surface area contributed by atoms with Crippen LogP contribution in [0.4, 0.5) is 0 Å². The summed E-state index contributed by atoms with van der Waals surface area (Å²) < 4.78 is 24.4. The quantitative estimate of drug-likeness (QED) is 0.760. The lowest BCUT2D eigenvalue weighted by atomic mass is 9.90. The molecule has 102 valence electrons. The lowest BCUT2D eigenvalue weighted by Gasteiger charge is -2.15. The fourth-order valence-electron chi connectivity index (χ4n) is 1.60. The monoisotopic (exact) mass is 272 g/mol. The van der Waals surface area contributed by atoms with Crippen molar-refractivity contribution in [2.45, 2.75) is 39.7 Å². The normalized spacial score (nSPS) is 12.7. The second kappa shape index (κ2) is 5.22. The molecule has 0 unspecified atom stereocenters. The van der Waals surface area contributed by atoms with Gasteiger partial charge in [-0.25, -0.2) is 8.42 Å². The maximum absolute atomic E-state index is 11.4. The van der Waals surface area contributed by atoms with Crippen molar-refractivity contribution in [3.8, 4) is 0 Å². The predicted octanol–water partition coefficient (Wildman–Crippen LogP) is 1.43. The molecule has 1 aromatic heterocycles. The Labute approximate surface area is 108 Å². The highest BCUT2D eigenvalue weighted by Gasteiger charge is 2.22. The first-order valence-corrected chi connectivity index (χ1v) is 7.75. The molecule has 1 rings (SSSR count). The third-order valence-electron chi connectivity index (χ3n) is 2.70. The second-order valence-corrected chi connectivity index (χ2v) is 7.77. The van der Waals surface area contributed by atoms with Crippen LogP contribution < -0.4 is 0 Å². The second-order valence-electron chi connectivity index (χ2n) is 5.30. The van der Waals surface area contributed by atoms with Crippen molar-refractivity contribution < 1.29 is 13.2 Å². The van der Waals surface area contributed by atoms with Gasteiger partial charge < -0.3 is 0 Å². The summed E-state index contributed by atoms with van der Waals surface area (Å²) in [7, 11) is -3.01. The number of rotatable bonds is 5. The maximum atomic E-state index is 11.4. The highest BCUT2D eigenvalue weighted by atomic mass is 32.2. The molecule has 0 aliphatic rings. The van der Waals surface area contributed by atoms with Crippen LogP contribution >= 0.6 is 0 Å². The van der Waals surface area contributed by atoms with Crippen LogP contribution in [-0.4, -0.2) is 36.0 Å². The smallest absolute Gasteiger partial charge is 0.153 e. The minimum atomic E-state index is -3.01. The molecule has 0 bridgehead atoms. The van der Waals surface area contributed by atoms with E-state index < -0.39 is 9.84 Å². The largest absolute Gasteiger partial charge is 0.298 e. The van der Waals surface area contributed by atoms with Crippen LogP contribution in [0.25, 0.3) is 0 Å². The van der Waals surface area contributed by atoms with Gasteiger partial charge in [0, 0.05) is 17.4 Å². The van der Waals surface area contributed by atoms with Crippen LogP contribution in [0.1, 0.15) is 43.7 Å². The van der Waals surface area contributed by atoms with E-state index in [0.29, 0.717) is 11.3 Å². The molecule has 0 spiro atoms. The van der Waals surface area contributed by atoms with Crippen molar-refractivity contribution in [1.29, 1.82) is 0 Å². The Morgan fingerprint density at radius 2 is 2.00 bits per heavy atom. The van der Waals surface area contributed by atoms with Gasteiger partial charge in [-0.3, -0.25) is 9.48 Å². The molecular weight excluding hydrogens is 252 g/mol. The first-order valence-electron chi connectivity index (χ1n) is 5.93. The van der Waals surface area contributed by atoms with E-state index in [1.165, 1.54) is 4.68 Å². The van der Waals surface area contributed by atoms with Crippen LogP contribution in [0.15, 0.2) is 6.20 Å². The van der Waals surface area contributed by atoms with Gasteiger partial charge in [0.1, 0.15) is 0 Å². The summed E-state index contributed by atoms with van der Waals surface area (Å²) in [5, 5.41) is 4.31. The molecule has 0 saturated carbocycles. The number of nitrogens with zero attached hydrogens (tertiary/aromatic N) is 2. The zero-order valence-corrected chi connectivity index (χ0v) is 12.1. The van der Waals surface area contributed by atoms with Crippen molar-refractivity contribution >= 4 is 16.1 Å². The van der Waals surface area contributed by atoms with Gasteiger partial charge in [0.05, 0.1) is 23.6 Å². The zero-order valence-electron chi connectivity index (χ0n) is 11.3. The number of aromatic nitrogens is 2. The molecule has 0 N–H and O–H groups in total. The van der Waals surface area contributed by atoms with Crippen molar-refractivity contribution in [2.24, 2.45) is 0 Å². The average Bonchev–Trinajstić information content (AvgIpc) is 2.69. The van der Waals surface area contributed by atoms with Crippen molar-refractivity contribution in [3.63, 3.8) is 0 Å². The topological polar surface area (TPSA) is 69.0 Å². The molecule has 6 heteroatoms. The van der Waals surface area contributed by atoms with E-state index in [9.17, 15) is 13.2 Å². The Kier molecular flexibility index (Phi) is 4.32. The van der Waals surface area contributed by atoms with E-state index in [-0.39, 0.29) is 23.5 Å². The lowest BCUT2D eigenvalue weighted by Crippen LogP contribution is -2.17. The van der Waals surface area contributed by atoms with Gasteiger partial charge in [-0.1, -0.05) is 27.7 Å². The van der Waals surface area contributed by atoms with Crippen molar-refractivity contribution in [1.82, 2.24) is 9.78 Å². The molecule has 18 heavy (non-hydrogen) atoms. The third kappa shape index (κ3) is 3.66. The van der Waals surface area contributed by atoms with Gasteiger partial charge in [0.25, 0.3) is 0 Å². The Hall–Kier alpha value is -1.17. The van der Waals surface area contributed by atoms with Crippen LogP contribution in [0, 0.1) is 0 Å². The summed E-state index contributed by atoms with van der Waals surface area (Å²) in [4.78, 5) is 11.0. The van der Waals surface area contributed by atoms with Crippen LogP contribution in [0.3, 0.4) is 0 Å². The number of carbonyl (C=O) groups excluding carboxylic acids is 1. The molecule has 0 saturated heterocycles. The molecule has 0 atom stereocenters. The van der Waals surface area contributed by atoms with Gasteiger partial charge >= 0.3 is 0 Å². The predicted molar refractivity (Wildman–Crippen MR) is 70.6 cm³/mol. The fourth-order valence-corrected chi connectivity index (χ4v) is 2.35. The molecule has 5 nitrogen and oxygen atoms in total. The molecule has 0 fully saturated rings. The summed E-state index contributed by atoms with van der Waals surface area (Å²) in [6.45, 7) is 7.81. The zero-order chi connectivity index (χ0) is 14.0. The molecule has 0 radical (unpaired) electrons. The van der Waals surface area contributed by atoms with E-state index in [2.05, 4.69) is 5.10 Å². The minimum absolute atomic E-state index is 0.0487. The molecule has 1 aromatic rings. The first kappa shape index (κ1) is 14.9. The summed E-state index contributed by atoms with van der Waals surface area (Å²) >= 11 is 0.